The van der Waals surface area contributed by atoms with Crippen LogP contribution in [0, 0.1) is 0 Å². The van der Waals surface area contributed by atoms with E-state index in [1.54, 1.807) is 18.2 Å². The van der Waals surface area contributed by atoms with Crippen LogP contribution in [0.3, 0.4) is 0 Å². The quantitative estimate of drug-likeness (QED) is 0.390. The second-order valence-corrected chi connectivity index (χ2v) is 6.14. The van der Waals surface area contributed by atoms with Crippen LogP contribution in [0.2, 0.25) is 0 Å². The number of nitrogens with two attached hydrogens (primary N) is 2. The summed E-state index contributed by atoms with van der Waals surface area (Å²) in [5.74, 6) is 0. The van der Waals surface area contributed by atoms with E-state index in [1.807, 2.05) is 0 Å². The van der Waals surface area contributed by atoms with E-state index >= 15 is 0 Å². The van der Waals surface area contributed by atoms with Gasteiger partial charge in [0.05, 0.1) is 33.9 Å². The molecule has 4 N–H and O–H groups in total. The molecular weight excluding hydrogens is 396 g/mol. The maximum atomic E-state index is 13.3. The molecule has 0 aliphatic rings. The summed E-state index contributed by atoms with van der Waals surface area (Å²) < 4.78 is 79.9. The fourth-order valence-corrected chi connectivity index (χ4v) is 2.98. The van der Waals surface area contributed by atoms with Crippen molar-refractivity contribution in [3.05, 3.63) is 77.9 Å². The first-order chi connectivity index (χ1) is 13.5. The van der Waals surface area contributed by atoms with Crippen LogP contribution in [-0.4, -0.2) is 0 Å². The Bertz CT molecular complexity index is 949. The molecule has 0 saturated heterocycles. The maximum absolute atomic E-state index is 13.3. The molecule has 0 fully saturated rings. The smallest absolute Gasteiger partial charge is 0.397 e. The molecule has 3 nitrogen and oxygen atoms in total. The number of nitrogen functional groups attached to an aromatic ring is 2. The topological polar surface area (TPSA) is 55.3 Å². The Morgan fingerprint density at radius 1 is 0.552 bits per heavy atom. The van der Waals surface area contributed by atoms with E-state index < -0.39 is 34.9 Å². The molecule has 0 aromatic heterocycles. The zero-order chi connectivity index (χ0) is 21.4. The van der Waals surface area contributed by atoms with Crippen molar-refractivity contribution >= 4 is 28.4 Å². The number of rotatable bonds is 3. The summed E-state index contributed by atoms with van der Waals surface area (Å²) in [5, 5.41) is 0. The normalized spacial score (nSPS) is 12.1. The predicted octanol–water partition coefficient (Wildman–Crippen LogP) is 6.36. The van der Waals surface area contributed by atoms with Gasteiger partial charge in [-0.15, -0.1) is 0 Å². The third-order valence-electron chi connectivity index (χ3n) is 4.27. The Balaban J connectivity index is 2.31. The van der Waals surface area contributed by atoms with Crippen molar-refractivity contribution in [2.45, 2.75) is 12.4 Å². The molecule has 0 spiro atoms. The Kier molecular flexibility index (Phi) is 5.08. The molecular formula is C20H15F6N3. The first-order valence-electron chi connectivity index (χ1n) is 8.28. The average molecular weight is 411 g/mol. The van der Waals surface area contributed by atoms with Gasteiger partial charge in [0.25, 0.3) is 0 Å². The van der Waals surface area contributed by atoms with Gasteiger partial charge in [-0.2, -0.15) is 26.3 Å². The van der Waals surface area contributed by atoms with E-state index in [0.717, 1.165) is 24.3 Å². The van der Waals surface area contributed by atoms with E-state index in [1.165, 1.54) is 29.2 Å². The molecule has 0 bridgehead atoms. The van der Waals surface area contributed by atoms with Crippen molar-refractivity contribution in [2.75, 3.05) is 16.4 Å². The van der Waals surface area contributed by atoms with Crippen LogP contribution in [-0.2, 0) is 12.4 Å². The van der Waals surface area contributed by atoms with Crippen LogP contribution < -0.4 is 16.4 Å². The highest BCUT2D eigenvalue weighted by molar-refractivity contribution is 5.90. The largest absolute Gasteiger partial charge is 0.418 e. The summed E-state index contributed by atoms with van der Waals surface area (Å²) in [4.78, 5) is 1.18. The van der Waals surface area contributed by atoms with Crippen molar-refractivity contribution in [1.82, 2.24) is 0 Å². The molecule has 0 aliphatic carbocycles. The molecule has 3 rings (SSSR count). The highest BCUT2D eigenvalue weighted by atomic mass is 19.4. The predicted molar refractivity (Wildman–Crippen MR) is 100.0 cm³/mol. The van der Waals surface area contributed by atoms with Gasteiger partial charge < -0.3 is 16.4 Å². The number of anilines is 5. The first-order valence-corrected chi connectivity index (χ1v) is 8.28. The molecule has 3 aromatic carbocycles. The van der Waals surface area contributed by atoms with Crippen molar-refractivity contribution < 1.29 is 26.3 Å². The maximum Gasteiger partial charge on any atom is 0.418 e. The number of benzene rings is 3. The van der Waals surface area contributed by atoms with Crippen molar-refractivity contribution in [3.63, 3.8) is 0 Å². The monoisotopic (exact) mass is 411 g/mol. The number of halogens is 6. The molecule has 9 heteroatoms. The Morgan fingerprint density at radius 2 is 0.966 bits per heavy atom. The highest BCUT2D eigenvalue weighted by Gasteiger charge is 2.36. The summed E-state index contributed by atoms with van der Waals surface area (Å²) in [7, 11) is 0. The minimum Gasteiger partial charge on any atom is -0.397 e. The zero-order valence-corrected chi connectivity index (χ0v) is 14.7. The number of hydrogen-bond donors (Lipinski definition) is 2. The minimum absolute atomic E-state index is 0.142. The number of nitrogens with zero attached hydrogens (tertiary/aromatic N) is 1. The van der Waals surface area contributed by atoms with Crippen molar-refractivity contribution in [1.29, 1.82) is 0 Å². The SMILES string of the molecule is Nc1c(N(c2ccccc2)c2cccc(C(F)(F)F)c2N)cccc1C(F)(F)F. The highest BCUT2D eigenvalue weighted by Crippen LogP contribution is 2.47. The summed E-state index contributed by atoms with van der Waals surface area (Å²) in [6, 6.07) is 14.4. The zero-order valence-electron chi connectivity index (χ0n) is 14.7. The average Bonchev–Trinajstić information content (AvgIpc) is 2.63. The summed E-state index contributed by atoms with van der Waals surface area (Å²) in [6.45, 7) is 0. The van der Waals surface area contributed by atoms with Crippen molar-refractivity contribution in [3.8, 4) is 0 Å². The molecule has 0 saturated carbocycles. The number of para-hydroxylation sites is 3. The van der Waals surface area contributed by atoms with E-state index in [-0.39, 0.29) is 11.4 Å². The summed E-state index contributed by atoms with van der Waals surface area (Å²) in [5.41, 5.74) is 8.16. The van der Waals surface area contributed by atoms with Gasteiger partial charge in [0.2, 0.25) is 0 Å². The Labute approximate surface area is 162 Å². The minimum atomic E-state index is -4.73. The lowest BCUT2D eigenvalue weighted by Gasteiger charge is -2.29. The number of alkyl halides is 6. The van der Waals surface area contributed by atoms with E-state index in [2.05, 4.69) is 0 Å². The van der Waals surface area contributed by atoms with Gasteiger partial charge in [-0.25, -0.2) is 0 Å². The van der Waals surface area contributed by atoms with Crippen LogP contribution in [0.15, 0.2) is 66.7 Å². The Morgan fingerprint density at radius 3 is 1.34 bits per heavy atom. The molecule has 0 atom stereocenters. The van der Waals surface area contributed by atoms with E-state index in [9.17, 15) is 26.3 Å². The second kappa shape index (κ2) is 7.23. The third kappa shape index (κ3) is 3.94. The third-order valence-corrected chi connectivity index (χ3v) is 4.27. The lowest BCUT2D eigenvalue weighted by molar-refractivity contribution is -0.137. The van der Waals surface area contributed by atoms with Crippen LogP contribution in [0.1, 0.15) is 11.1 Å². The number of hydrogen-bond acceptors (Lipinski definition) is 3. The molecule has 3 aromatic rings. The first kappa shape index (κ1) is 20.4. The van der Waals surface area contributed by atoms with Crippen LogP contribution in [0.5, 0.6) is 0 Å². The van der Waals surface area contributed by atoms with E-state index in [0.29, 0.717) is 5.69 Å². The second-order valence-electron chi connectivity index (χ2n) is 6.14. The van der Waals surface area contributed by atoms with Gasteiger partial charge in [0.1, 0.15) is 0 Å². The lowest BCUT2D eigenvalue weighted by Crippen LogP contribution is -2.18. The molecule has 29 heavy (non-hydrogen) atoms. The van der Waals surface area contributed by atoms with Gasteiger partial charge >= 0.3 is 12.4 Å². The Hall–Kier alpha value is -3.36. The lowest BCUT2D eigenvalue weighted by atomic mass is 10.1. The molecule has 0 amide bonds. The van der Waals surface area contributed by atoms with E-state index in [4.69, 9.17) is 11.5 Å². The summed E-state index contributed by atoms with van der Waals surface area (Å²) >= 11 is 0. The van der Waals surface area contributed by atoms with Crippen LogP contribution in [0.4, 0.5) is 54.8 Å². The van der Waals surface area contributed by atoms with Crippen molar-refractivity contribution in [2.24, 2.45) is 0 Å². The molecule has 0 heterocycles. The van der Waals surface area contributed by atoms with Crippen LogP contribution in [0.25, 0.3) is 0 Å². The standard InChI is InChI=1S/C20H15F6N3/c21-19(22,23)13-8-4-10-15(17(13)27)29(12-6-2-1-3-7-12)16-11-5-9-14(18(16)28)20(24,25)26/h1-11H,27-28H2. The summed E-state index contributed by atoms with van der Waals surface area (Å²) in [6.07, 6.45) is -9.47. The molecule has 0 unspecified atom stereocenters. The van der Waals surface area contributed by atoms with Gasteiger partial charge in [-0.3, -0.25) is 0 Å². The fraction of sp³-hybridized carbons (Fsp3) is 0.100. The molecule has 152 valence electrons. The molecule has 0 aliphatic heterocycles. The molecule has 0 radical (unpaired) electrons. The van der Waals surface area contributed by atoms with Gasteiger partial charge in [-0.05, 0) is 36.4 Å². The van der Waals surface area contributed by atoms with Gasteiger partial charge in [-0.1, -0.05) is 30.3 Å². The fourth-order valence-electron chi connectivity index (χ4n) is 2.98. The van der Waals surface area contributed by atoms with Gasteiger partial charge in [0, 0.05) is 5.69 Å². The van der Waals surface area contributed by atoms with Crippen LogP contribution >= 0.6 is 0 Å². The van der Waals surface area contributed by atoms with Gasteiger partial charge in [0.15, 0.2) is 0 Å².